The fourth-order valence-electron chi connectivity index (χ4n) is 9.74. The first-order chi connectivity index (χ1) is 39.6. The summed E-state index contributed by atoms with van der Waals surface area (Å²) >= 11 is 0. The van der Waals surface area contributed by atoms with Gasteiger partial charge in [0.2, 0.25) is 0 Å². The van der Waals surface area contributed by atoms with Gasteiger partial charge in [0.15, 0.2) is 24.6 Å². The van der Waals surface area contributed by atoms with E-state index in [0.717, 1.165) is 116 Å². The van der Waals surface area contributed by atoms with Crippen LogP contribution in [-0.2, 0) is 42.9 Å². The Bertz CT molecular complexity index is 1680. The Labute approximate surface area is 493 Å². The number of carboxylic acids is 1. The smallest absolute Gasteiger partial charge is 0.335 e. The van der Waals surface area contributed by atoms with Crippen LogP contribution in [0.4, 0.5) is 0 Å². The molecule has 1 heterocycles. The standard InChI is InChI=1S/C69H118O12/c1-4-7-10-13-16-19-22-25-27-29-31-33-35-38-40-43-46-49-52-55-61(70)77-58-60(79-62(71)56-53-50-47-44-41-37-24-21-18-15-12-9-6-3)59-78-69-67(65(74)64(73)66(81-69)68(75)76)80-63(72)57-54-51-48-45-42-39-36-34-32-30-28-26-23-20-17-14-11-8-5-2/h7,10,16,19,21,24-25,27,31,33,38,40,60,64-67,69,73-74H,4-6,8-9,11-15,17-18,20,22-23,26,28-30,32,34-37,39,41-59H2,1-3H3,(H,75,76)/b10-7-,19-16-,24-21-,27-25-,33-31-,40-38-. The molecule has 12 nitrogen and oxygen atoms in total. The average Bonchev–Trinajstić information content (AvgIpc) is 3.45. The molecule has 6 atom stereocenters. The largest absolute Gasteiger partial charge is 0.479 e. The molecule has 3 N–H and O–H groups in total. The highest BCUT2D eigenvalue weighted by atomic mass is 16.7. The zero-order chi connectivity index (χ0) is 58.9. The first-order valence-electron chi connectivity index (χ1n) is 32.9. The van der Waals surface area contributed by atoms with Crippen molar-refractivity contribution in [3.63, 3.8) is 0 Å². The number of aliphatic carboxylic acids is 1. The molecule has 1 aliphatic rings. The minimum Gasteiger partial charge on any atom is -0.479 e. The van der Waals surface area contributed by atoms with Gasteiger partial charge < -0.3 is 39.0 Å². The Kier molecular flexibility index (Phi) is 52.6. The summed E-state index contributed by atoms with van der Waals surface area (Å²) in [5.41, 5.74) is 0. The van der Waals surface area contributed by atoms with Gasteiger partial charge in [-0.15, -0.1) is 0 Å². The van der Waals surface area contributed by atoms with E-state index in [4.69, 9.17) is 23.7 Å². The van der Waals surface area contributed by atoms with Crippen molar-refractivity contribution in [2.24, 2.45) is 0 Å². The Morgan fingerprint density at radius 2 is 0.778 bits per heavy atom. The maximum atomic E-state index is 13.2. The van der Waals surface area contributed by atoms with Crippen LogP contribution in [0.3, 0.4) is 0 Å². The zero-order valence-corrected chi connectivity index (χ0v) is 51.5. The Morgan fingerprint density at radius 3 is 1.22 bits per heavy atom. The van der Waals surface area contributed by atoms with Crippen LogP contribution in [-0.4, -0.2) is 89.2 Å². The lowest BCUT2D eigenvalue weighted by Crippen LogP contribution is -2.61. The number of carboxylic acid groups (broad SMARTS) is 1. The molecule has 12 heteroatoms. The number of rotatable bonds is 56. The van der Waals surface area contributed by atoms with Crippen molar-refractivity contribution >= 4 is 23.9 Å². The van der Waals surface area contributed by atoms with Crippen molar-refractivity contribution in [3.8, 4) is 0 Å². The predicted molar refractivity (Wildman–Crippen MR) is 331 cm³/mol. The van der Waals surface area contributed by atoms with Crippen LogP contribution in [0.5, 0.6) is 0 Å². The number of hydrogen-bond acceptors (Lipinski definition) is 11. The molecule has 1 saturated heterocycles. The number of allylic oxidation sites excluding steroid dienone is 12. The van der Waals surface area contributed by atoms with Gasteiger partial charge in [-0.1, -0.05) is 254 Å². The van der Waals surface area contributed by atoms with E-state index in [2.05, 4.69) is 93.7 Å². The van der Waals surface area contributed by atoms with Crippen LogP contribution in [0.2, 0.25) is 0 Å². The third kappa shape index (κ3) is 46.3. The van der Waals surface area contributed by atoms with Crippen molar-refractivity contribution in [1.29, 1.82) is 0 Å². The van der Waals surface area contributed by atoms with Gasteiger partial charge >= 0.3 is 23.9 Å². The molecule has 1 rings (SSSR count). The molecule has 0 aliphatic carbocycles. The monoisotopic (exact) mass is 1140 g/mol. The van der Waals surface area contributed by atoms with Gasteiger partial charge in [0, 0.05) is 19.3 Å². The summed E-state index contributed by atoms with van der Waals surface area (Å²) in [6, 6.07) is 0. The highest BCUT2D eigenvalue weighted by Gasteiger charge is 2.50. The molecular weight excluding hydrogens is 1020 g/mol. The topological polar surface area (TPSA) is 175 Å². The first kappa shape index (κ1) is 75.2. The number of esters is 3. The maximum Gasteiger partial charge on any atom is 0.335 e. The van der Waals surface area contributed by atoms with Crippen molar-refractivity contribution in [2.75, 3.05) is 13.2 Å². The summed E-state index contributed by atoms with van der Waals surface area (Å²) in [5, 5.41) is 31.6. The highest BCUT2D eigenvalue weighted by molar-refractivity contribution is 5.74. The van der Waals surface area contributed by atoms with E-state index in [1.165, 1.54) is 116 Å². The van der Waals surface area contributed by atoms with Gasteiger partial charge in [-0.05, 0) is 89.9 Å². The summed E-state index contributed by atoms with van der Waals surface area (Å²) in [5.74, 6) is -3.16. The van der Waals surface area contributed by atoms with Crippen molar-refractivity contribution < 1.29 is 58.2 Å². The first-order valence-corrected chi connectivity index (χ1v) is 32.9. The molecule has 0 bridgehead atoms. The SMILES string of the molecule is CC/C=C\C/C=C\C/C=C\C/C=C\C/C=C\CCCCCC(=O)OCC(COC1OC(C(=O)O)C(O)C(O)C1OC(=O)CCCCCCCCCCCCCCCCCCCCC)OC(=O)CCCCCCC/C=C\CCCCCC. The van der Waals surface area contributed by atoms with E-state index in [1.54, 1.807) is 0 Å². The highest BCUT2D eigenvalue weighted by Crippen LogP contribution is 2.27. The van der Waals surface area contributed by atoms with Crippen LogP contribution < -0.4 is 0 Å². The summed E-state index contributed by atoms with van der Waals surface area (Å²) in [7, 11) is 0. The molecule has 0 aromatic heterocycles. The summed E-state index contributed by atoms with van der Waals surface area (Å²) in [4.78, 5) is 51.3. The van der Waals surface area contributed by atoms with Gasteiger partial charge in [-0.3, -0.25) is 14.4 Å². The number of hydrogen-bond donors (Lipinski definition) is 3. The molecule has 0 aromatic rings. The van der Waals surface area contributed by atoms with E-state index in [0.29, 0.717) is 19.3 Å². The van der Waals surface area contributed by atoms with Crippen LogP contribution in [0.25, 0.3) is 0 Å². The summed E-state index contributed by atoms with van der Waals surface area (Å²) in [6.07, 6.45) is 60.1. The molecule has 0 amide bonds. The van der Waals surface area contributed by atoms with Crippen LogP contribution in [0, 0.1) is 0 Å². The van der Waals surface area contributed by atoms with Crippen molar-refractivity contribution in [2.45, 2.75) is 327 Å². The molecule has 0 aromatic carbocycles. The van der Waals surface area contributed by atoms with Gasteiger partial charge in [0.25, 0.3) is 0 Å². The van der Waals surface area contributed by atoms with Crippen LogP contribution in [0.1, 0.15) is 290 Å². The zero-order valence-electron chi connectivity index (χ0n) is 51.5. The second-order valence-electron chi connectivity index (χ2n) is 22.4. The lowest BCUT2D eigenvalue weighted by molar-refractivity contribution is -0.301. The van der Waals surface area contributed by atoms with E-state index < -0.39 is 67.3 Å². The fraction of sp³-hybridized carbons (Fsp3) is 0.768. The molecule has 6 unspecified atom stereocenters. The van der Waals surface area contributed by atoms with E-state index in [-0.39, 0.29) is 25.9 Å². The van der Waals surface area contributed by atoms with Crippen molar-refractivity contribution in [1.82, 2.24) is 0 Å². The molecule has 0 spiro atoms. The quantitative estimate of drug-likeness (QED) is 0.0228. The minimum absolute atomic E-state index is 0.0586. The van der Waals surface area contributed by atoms with Crippen molar-refractivity contribution in [3.05, 3.63) is 72.9 Å². The van der Waals surface area contributed by atoms with Gasteiger partial charge in [0.1, 0.15) is 18.8 Å². The molecule has 81 heavy (non-hydrogen) atoms. The number of unbranched alkanes of at least 4 members (excludes halogenated alkanes) is 30. The third-order valence-corrected chi connectivity index (χ3v) is 14.8. The number of carbonyl (C=O) groups is 4. The normalized spacial score (nSPS) is 18.2. The Hall–Kier alpha value is -3.84. The molecule has 1 fully saturated rings. The molecule has 0 saturated carbocycles. The van der Waals surface area contributed by atoms with E-state index in [1.807, 2.05) is 0 Å². The van der Waals surface area contributed by atoms with Crippen LogP contribution in [0.15, 0.2) is 72.9 Å². The molecule has 1 aliphatic heterocycles. The number of aliphatic hydroxyl groups excluding tert-OH is 2. The van der Waals surface area contributed by atoms with E-state index >= 15 is 0 Å². The van der Waals surface area contributed by atoms with Gasteiger partial charge in [-0.25, -0.2) is 4.79 Å². The predicted octanol–water partition coefficient (Wildman–Crippen LogP) is 17.7. The average molecular weight is 1140 g/mol. The Balaban J connectivity index is 2.65. The second-order valence-corrected chi connectivity index (χ2v) is 22.4. The number of carbonyl (C=O) groups excluding carboxylic acids is 3. The third-order valence-electron chi connectivity index (χ3n) is 14.8. The summed E-state index contributed by atoms with van der Waals surface area (Å²) in [6.45, 7) is 5.87. The molecular formula is C69H118O12. The number of ether oxygens (including phenoxy) is 5. The Morgan fingerprint density at radius 1 is 0.420 bits per heavy atom. The maximum absolute atomic E-state index is 13.2. The van der Waals surface area contributed by atoms with Gasteiger partial charge in [0.05, 0.1) is 6.61 Å². The fourth-order valence-corrected chi connectivity index (χ4v) is 9.74. The minimum atomic E-state index is -1.91. The lowest BCUT2D eigenvalue weighted by atomic mass is 9.98. The lowest BCUT2D eigenvalue weighted by Gasteiger charge is -2.40. The second kappa shape index (κ2) is 56.6. The summed E-state index contributed by atoms with van der Waals surface area (Å²) < 4.78 is 28.5. The van der Waals surface area contributed by atoms with Gasteiger partial charge in [-0.2, -0.15) is 0 Å². The molecule has 0 radical (unpaired) electrons. The van der Waals surface area contributed by atoms with Crippen LogP contribution >= 0.6 is 0 Å². The number of aliphatic hydroxyl groups is 2. The van der Waals surface area contributed by atoms with E-state index in [9.17, 15) is 34.5 Å². The molecule has 466 valence electrons.